The van der Waals surface area contributed by atoms with Crippen molar-refractivity contribution in [3.05, 3.63) is 76.0 Å². The largest absolute Gasteiger partial charge is 0.495 e. The molecule has 3 heteroatoms. The topological polar surface area (TPSA) is 9.23 Å². The van der Waals surface area contributed by atoms with Gasteiger partial charge in [0.2, 0.25) is 0 Å². The zero-order valence-electron chi connectivity index (χ0n) is 14.4. The third-order valence-corrected chi connectivity index (χ3v) is 5.76. The minimum absolute atomic E-state index is 0.104. The highest BCUT2D eigenvalue weighted by Gasteiger charge is 2.38. The van der Waals surface area contributed by atoms with Gasteiger partial charge >= 0.3 is 0 Å². The van der Waals surface area contributed by atoms with Crippen LogP contribution in [0.3, 0.4) is 0 Å². The number of rotatable bonds is 2. The zero-order chi connectivity index (χ0) is 17.8. The van der Waals surface area contributed by atoms with Crippen LogP contribution in [-0.2, 0) is 5.41 Å². The smallest absolute Gasteiger partial charge is 0.145 e. The summed E-state index contributed by atoms with van der Waals surface area (Å²) in [5.41, 5.74) is 5.92. The van der Waals surface area contributed by atoms with Crippen molar-refractivity contribution in [2.24, 2.45) is 0 Å². The van der Waals surface area contributed by atoms with Gasteiger partial charge in [-0.25, -0.2) is 4.39 Å². The van der Waals surface area contributed by atoms with Crippen molar-refractivity contribution in [3.8, 4) is 28.0 Å². The average molecular weight is 397 g/mol. The van der Waals surface area contributed by atoms with Crippen molar-refractivity contribution in [1.29, 1.82) is 0 Å². The van der Waals surface area contributed by atoms with Gasteiger partial charge in [-0.1, -0.05) is 62.4 Å². The Morgan fingerprint density at radius 3 is 2.32 bits per heavy atom. The van der Waals surface area contributed by atoms with E-state index in [-0.39, 0.29) is 11.2 Å². The third kappa shape index (κ3) is 2.26. The minimum Gasteiger partial charge on any atom is -0.495 e. The van der Waals surface area contributed by atoms with E-state index in [4.69, 9.17) is 4.74 Å². The van der Waals surface area contributed by atoms with Gasteiger partial charge in [0.15, 0.2) is 0 Å². The molecule has 4 rings (SSSR count). The molecule has 1 nitrogen and oxygen atoms in total. The molecule has 0 aromatic heterocycles. The van der Waals surface area contributed by atoms with Crippen LogP contribution in [0.4, 0.5) is 4.39 Å². The molecule has 1 aliphatic carbocycles. The summed E-state index contributed by atoms with van der Waals surface area (Å²) >= 11 is 3.28. The second-order valence-corrected chi connectivity index (χ2v) is 7.70. The molecular formula is C22H18BrFO. The fourth-order valence-electron chi connectivity index (χ4n) is 3.90. The molecule has 1 aliphatic rings. The van der Waals surface area contributed by atoms with Crippen LogP contribution in [0.15, 0.2) is 59.1 Å². The van der Waals surface area contributed by atoms with E-state index in [9.17, 15) is 4.39 Å². The quantitative estimate of drug-likeness (QED) is 0.475. The maximum atomic E-state index is 14.7. The summed E-state index contributed by atoms with van der Waals surface area (Å²) in [7, 11) is 1.66. The van der Waals surface area contributed by atoms with E-state index < -0.39 is 0 Å². The van der Waals surface area contributed by atoms with Crippen LogP contribution in [0.1, 0.15) is 25.0 Å². The van der Waals surface area contributed by atoms with Gasteiger partial charge in [0, 0.05) is 22.1 Å². The lowest BCUT2D eigenvalue weighted by atomic mass is 9.82. The van der Waals surface area contributed by atoms with Gasteiger partial charge in [-0.3, -0.25) is 0 Å². The van der Waals surface area contributed by atoms with Crippen molar-refractivity contribution < 1.29 is 9.13 Å². The number of ether oxygens (including phenoxy) is 1. The summed E-state index contributed by atoms with van der Waals surface area (Å²) in [6.07, 6.45) is 0. The second kappa shape index (κ2) is 5.70. The van der Waals surface area contributed by atoms with Crippen molar-refractivity contribution >= 4 is 15.9 Å². The highest BCUT2D eigenvalue weighted by Crippen LogP contribution is 2.54. The van der Waals surface area contributed by atoms with Crippen molar-refractivity contribution in [2.75, 3.05) is 7.11 Å². The second-order valence-electron chi connectivity index (χ2n) is 6.84. The number of methoxy groups -OCH3 is 1. The molecule has 0 unspecified atom stereocenters. The van der Waals surface area contributed by atoms with Gasteiger partial charge < -0.3 is 4.74 Å². The van der Waals surface area contributed by atoms with Crippen LogP contribution in [0, 0.1) is 5.82 Å². The Balaban J connectivity index is 2.07. The number of halogens is 2. The molecule has 0 N–H and O–H groups in total. The predicted octanol–water partition coefficient (Wildman–Crippen LogP) is 6.57. The molecule has 0 amide bonds. The van der Waals surface area contributed by atoms with Crippen LogP contribution >= 0.6 is 15.9 Å². The summed E-state index contributed by atoms with van der Waals surface area (Å²) in [6, 6.07) is 17.8. The average Bonchev–Trinajstić information content (AvgIpc) is 2.85. The molecule has 0 spiro atoms. The minimum atomic E-state index is -0.272. The van der Waals surface area contributed by atoms with Crippen molar-refractivity contribution in [2.45, 2.75) is 19.3 Å². The summed E-state index contributed by atoms with van der Waals surface area (Å²) in [6.45, 7) is 4.44. The van der Waals surface area contributed by atoms with Crippen LogP contribution < -0.4 is 4.74 Å². The van der Waals surface area contributed by atoms with Gasteiger partial charge in [0.1, 0.15) is 11.6 Å². The number of hydrogen-bond donors (Lipinski definition) is 0. The lowest BCUT2D eigenvalue weighted by Crippen LogP contribution is -2.14. The highest BCUT2D eigenvalue weighted by atomic mass is 79.9. The molecule has 126 valence electrons. The SMILES string of the molecule is COc1c(-c2cccc(Br)c2F)ccc2c1-c1ccccc1C2(C)C. The first-order valence-electron chi connectivity index (χ1n) is 8.22. The van der Waals surface area contributed by atoms with Crippen LogP contribution in [0.25, 0.3) is 22.3 Å². The van der Waals surface area contributed by atoms with E-state index in [2.05, 4.69) is 54.0 Å². The van der Waals surface area contributed by atoms with E-state index in [0.29, 0.717) is 10.0 Å². The molecule has 0 aliphatic heterocycles. The summed E-state index contributed by atoms with van der Waals surface area (Å²) in [5, 5.41) is 0. The normalized spacial score (nSPS) is 14.1. The van der Waals surface area contributed by atoms with Gasteiger partial charge in [-0.05, 0) is 38.7 Å². The Kier molecular flexibility index (Phi) is 3.73. The van der Waals surface area contributed by atoms with Crippen LogP contribution in [0.5, 0.6) is 5.75 Å². The van der Waals surface area contributed by atoms with E-state index in [1.54, 1.807) is 19.2 Å². The summed E-state index contributed by atoms with van der Waals surface area (Å²) in [5.74, 6) is 0.457. The molecule has 3 aromatic carbocycles. The molecule has 0 saturated heterocycles. The molecule has 0 atom stereocenters. The highest BCUT2D eigenvalue weighted by molar-refractivity contribution is 9.10. The van der Waals surface area contributed by atoms with Gasteiger partial charge in [-0.2, -0.15) is 0 Å². The third-order valence-electron chi connectivity index (χ3n) is 5.15. The van der Waals surface area contributed by atoms with E-state index >= 15 is 0 Å². The van der Waals surface area contributed by atoms with Gasteiger partial charge in [0.25, 0.3) is 0 Å². The van der Waals surface area contributed by atoms with Gasteiger partial charge in [0.05, 0.1) is 11.6 Å². The maximum absolute atomic E-state index is 14.7. The van der Waals surface area contributed by atoms with E-state index in [1.165, 1.54) is 11.1 Å². The standard InChI is InChI=1S/C22H18BrFO/c1-22(2)16-9-5-4-7-15(16)19-17(22)12-11-14(21(19)25-3)13-8-6-10-18(23)20(13)24/h4-12H,1-3H3. The monoisotopic (exact) mass is 396 g/mol. The Labute approximate surface area is 155 Å². The lowest BCUT2D eigenvalue weighted by molar-refractivity contribution is 0.417. The fourth-order valence-corrected chi connectivity index (χ4v) is 4.26. The molecule has 0 saturated carbocycles. The number of benzene rings is 3. The Morgan fingerprint density at radius 2 is 1.56 bits per heavy atom. The Morgan fingerprint density at radius 1 is 0.840 bits per heavy atom. The molecule has 0 bridgehead atoms. The van der Waals surface area contributed by atoms with Crippen molar-refractivity contribution in [3.63, 3.8) is 0 Å². The first kappa shape index (κ1) is 16.3. The Bertz CT molecular complexity index is 991. The predicted molar refractivity (Wildman–Crippen MR) is 104 cm³/mol. The molecular weight excluding hydrogens is 379 g/mol. The van der Waals surface area contributed by atoms with E-state index in [1.807, 2.05) is 18.2 Å². The van der Waals surface area contributed by atoms with Crippen LogP contribution in [-0.4, -0.2) is 7.11 Å². The first-order chi connectivity index (χ1) is 12.0. The first-order valence-corrected chi connectivity index (χ1v) is 9.02. The van der Waals surface area contributed by atoms with E-state index in [0.717, 1.165) is 22.4 Å². The molecule has 3 aromatic rings. The zero-order valence-corrected chi connectivity index (χ0v) is 15.9. The van der Waals surface area contributed by atoms with Crippen LogP contribution in [0.2, 0.25) is 0 Å². The van der Waals surface area contributed by atoms with Gasteiger partial charge in [-0.15, -0.1) is 0 Å². The summed E-state index contributed by atoms with van der Waals surface area (Å²) in [4.78, 5) is 0. The number of fused-ring (bicyclic) bond motifs is 3. The van der Waals surface area contributed by atoms with Crippen molar-refractivity contribution in [1.82, 2.24) is 0 Å². The molecule has 0 heterocycles. The fraction of sp³-hybridized carbons (Fsp3) is 0.182. The number of hydrogen-bond acceptors (Lipinski definition) is 1. The summed E-state index contributed by atoms with van der Waals surface area (Å²) < 4.78 is 21.0. The molecule has 25 heavy (non-hydrogen) atoms. The maximum Gasteiger partial charge on any atom is 0.145 e. The Hall–Kier alpha value is -2.13. The lowest BCUT2D eigenvalue weighted by Gasteiger charge is -2.22. The molecule has 0 radical (unpaired) electrons. The molecule has 0 fully saturated rings.